The average molecular weight is 240 g/mol. The van der Waals surface area contributed by atoms with Gasteiger partial charge in [-0.15, -0.1) is 0 Å². The summed E-state index contributed by atoms with van der Waals surface area (Å²) in [5.74, 6) is 0.210. The number of carbonyl (C=O) groups excluding carboxylic acids is 1. The molecule has 1 rings (SSSR count). The summed E-state index contributed by atoms with van der Waals surface area (Å²) in [5, 5.41) is 6.34. The van der Waals surface area contributed by atoms with E-state index >= 15 is 0 Å². The Morgan fingerprint density at radius 3 is 2.29 bits per heavy atom. The molecule has 17 heavy (non-hydrogen) atoms. The van der Waals surface area contributed by atoms with Crippen LogP contribution in [0, 0.1) is 10.8 Å². The zero-order valence-electron chi connectivity index (χ0n) is 11.9. The Morgan fingerprint density at radius 2 is 1.88 bits per heavy atom. The van der Waals surface area contributed by atoms with E-state index in [1.807, 2.05) is 7.05 Å². The molecule has 0 aromatic carbocycles. The van der Waals surface area contributed by atoms with Crippen LogP contribution in [0.4, 0.5) is 0 Å². The van der Waals surface area contributed by atoms with E-state index in [0.29, 0.717) is 11.8 Å². The SMILES string of the molecule is CNCC1(CNC(=O)CCC(C)(C)C)CCC1. The lowest BCUT2D eigenvalue weighted by Crippen LogP contribution is -2.47. The van der Waals surface area contributed by atoms with Crippen LogP contribution in [0.5, 0.6) is 0 Å². The van der Waals surface area contributed by atoms with Gasteiger partial charge in [-0.25, -0.2) is 0 Å². The van der Waals surface area contributed by atoms with Crippen molar-refractivity contribution in [2.45, 2.75) is 52.9 Å². The molecule has 1 aliphatic carbocycles. The van der Waals surface area contributed by atoms with Gasteiger partial charge in [-0.1, -0.05) is 27.2 Å². The molecule has 0 radical (unpaired) electrons. The molecule has 0 aromatic rings. The van der Waals surface area contributed by atoms with Gasteiger partial charge < -0.3 is 10.6 Å². The topological polar surface area (TPSA) is 41.1 Å². The minimum Gasteiger partial charge on any atom is -0.355 e. The smallest absolute Gasteiger partial charge is 0.220 e. The molecular weight excluding hydrogens is 212 g/mol. The quantitative estimate of drug-likeness (QED) is 0.748. The van der Waals surface area contributed by atoms with Crippen molar-refractivity contribution in [3.05, 3.63) is 0 Å². The molecule has 1 fully saturated rings. The largest absolute Gasteiger partial charge is 0.355 e. The molecule has 3 heteroatoms. The highest BCUT2D eigenvalue weighted by Crippen LogP contribution is 2.39. The first-order chi connectivity index (χ1) is 7.87. The maximum atomic E-state index is 11.7. The number of amides is 1. The molecule has 0 unspecified atom stereocenters. The van der Waals surface area contributed by atoms with Crippen LogP contribution in [0.2, 0.25) is 0 Å². The summed E-state index contributed by atoms with van der Waals surface area (Å²) in [5.41, 5.74) is 0.586. The van der Waals surface area contributed by atoms with Gasteiger partial charge in [-0.3, -0.25) is 4.79 Å². The van der Waals surface area contributed by atoms with E-state index in [1.165, 1.54) is 19.3 Å². The molecular formula is C14H28N2O. The van der Waals surface area contributed by atoms with Crippen LogP contribution in [0.25, 0.3) is 0 Å². The molecule has 0 aromatic heterocycles. The van der Waals surface area contributed by atoms with Crippen LogP contribution in [0.1, 0.15) is 52.9 Å². The Labute approximate surface area is 106 Å². The van der Waals surface area contributed by atoms with Crippen molar-refractivity contribution in [3.63, 3.8) is 0 Å². The molecule has 3 nitrogen and oxygen atoms in total. The molecule has 0 bridgehead atoms. The molecule has 0 aliphatic heterocycles. The van der Waals surface area contributed by atoms with Crippen molar-refractivity contribution in [1.29, 1.82) is 0 Å². The highest BCUT2D eigenvalue weighted by atomic mass is 16.1. The summed E-state index contributed by atoms with van der Waals surface area (Å²) >= 11 is 0. The highest BCUT2D eigenvalue weighted by Gasteiger charge is 2.36. The Morgan fingerprint density at radius 1 is 1.24 bits per heavy atom. The van der Waals surface area contributed by atoms with E-state index in [-0.39, 0.29) is 11.3 Å². The normalized spacial score (nSPS) is 18.6. The summed E-state index contributed by atoms with van der Waals surface area (Å²) in [6, 6.07) is 0. The standard InChI is InChI=1S/C14H28N2O/c1-13(2,3)9-6-12(17)16-11-14(10-15-4)7-5-8-14/h15H,5-11H2,1-4H3,(H,16,17). The predicted molar refractivity (Wildman–Crippen MR) is 71.9 cm³/mol. The molecule has 1 saturated carbocycles. The molecule has 0 atom stereocenters. The van der Waals surface area contributed by atoms with Crippen molar-refractivity contribution in [2.24, 2.45) is 10.8 Å². The lowest BCUT2D eigenvalue weighted by atomic mass is 9.68. The van der Waals surface area contributed by atoms with E-state index in [4.69, 9.17) is 0 Å². The first-order valence-electron chi connectivity index (χ1n) is 6.78. The van der Waals surface area contributed by atoms with E-state index in [9.17, 15) is 4.79 Å². The van der Waals surface area contributed by atoms with Gasteiger partial charge in [0.15, 0.2) is 0 Å². The highest BCUT2D eigenvalue weighted by molar-refractivity contribution is 5.75. The maximum Gasteiger partial charge on any atom is 0.220 e. The first kappa shape index (κ1) is 14.5. The van der Waals surface area contributed by atoms with Gasteiger partial charge in [-0.2, -0.15) is 0 Å². The van der Waals surface area contributed by atoms with Crippen molar-refractivity contribution >= 4 is 5.91 Å². The second-order valence-electron chi connectivity index (χ2n) is 6.72. The number of rotatable bonds is 6. The fourth-order valence-corrected chi connectivity index (χ4v) is 2.33. The summed E-state index contributed by atoms with van der Waals surface area (Å²) in [6.45, 7) is 8.39. The van der Waals surface area contributed by atoms with Crippen LogP contribution in [0.15, 0.2) is 0 Å². The van der Waals surface area contributed by atoms with E-state index in [1.54, 1.807) is 0 Å². The van der Waals surface area contributed by atoms with Crippen molar-refractivity contribution in [1.82, 2.24) is 10.6 Å². The zero-order valence-corrected chi connectivity index (χ0v) is 11.9. The number of hydrogen-bond acceptors (Lipinski definition) is 2. The first-order valence-corrected chi connectivity index (χ1v) is 6.78. The van der Waals surface area contributed by atoms with E-state index in [2.05, 4.69) is 31.4 Å². The van der Waals surface area contributed by atoms with Gasteiger partial charge in [0.25, 0.3) is 0 Å². The van der Waals surface area contributed by atoms with Gasteiger partial charge in [0.1, 0.15) is 0 Å². The third-order valence-electron chi connectivity index (χ3n) is 3.73. The van der Waals surface area contributed by atoms with Crippen molar-refractivity contribution in [2.75, 3.05) is 20.1 Å². The van der Waals surface area contributed by atoms with Gasteiger partial charge in [0.05, 0.1) is 0 Å². The van der Waals surface area contributed by atoms with Gasteiger partial charge in [-0.05, 0) is 31.7 Å². The molecule has 0 heterocycles. The number of nitrogens with one attached hydrogen (secondary N) is 2. The molecule has 0 spiro atoms. The minimum atomic E-state index is 0.210. The molecule has 100 valence electrons. The van der Waals surface area contributed by atoms with Gasteiger partial charge in [0, 0.05) is 24.9 Å². The fourth-order valence-electron chi connectivity index (χ4n) is 2.33. The lowest BCUT2D eigenvalue weighted by molar-refractivity contribution is -0.122. The molecule has 1 aliphatic rings. The predicted octanol–water partition coefficient (Wildman–Crippen LogP) is 2.32. The number of carbonyl (C=O) groups is 1. The second kappa shape index (κ2) is 5.85. The van der Waals surface area contributed by atoms with Crippen LogP contribution < -0.4 is 10.6 Å². The Hall–Kier alpha value is -0.570. The summed E-state index contributed by atoms with van der Waals surface area (Å²) in [4.78, 5) is 11.7. The fraction of sp³-hybridized carbons (Fsp3) is 0.929. The third kappa shape index (κ3) is 5.07. The lowest BCUT2D eigenvalue weighted by Gasteiger charge is -2.42. The molecule has 1 amide bonds. The van der Waals surface area contributed by atoms with Gasteiger partial charge >= 0.3 is 0 Å². The average Bonchev–Trinajstić information content (AvgIpc) is 2.17. The Bertz CT molecular complexity index is 251. The molecule has 0 saturated heterocycles. The summed E-state index contributed by atoms with van der Waals surface area (Å²) < 4.78 is 0. The second-order valence-corrected chi connectivity index (χ2v) is 6.72. The maximum absolute atomic E-state index is 11.7. The van der Waals surface area contributed by atoms with Crippen molar-refractivity contribution < 1.29 is 4.79 Å². The third-order valence-corrected chi connectivity index (χ3v) is 3.73. The molecule has 2 N–H and O–H groups in total. The van der Waals surface area contributed by atoms with Crippen LogP contribution in [0.3, 0.4) is 0 Å². The van der Waals surface area contributed by atoms with Gasteiger partial charge in [0.2, 0.25) is 5.91 Å². The Kier molecular flexibility index (Phi) is 4.99. The minimum absolute atomic E-state index is 0.210. The summed E-state index contributed by atoms with van der Waals surface area (Å²) in [7, 11) is 1.99. The van der Waals surface area contributed by atoms with Crippen LogP contribution in [-0.4, -0.2) is 26.0 Å². The van der Waals surface area contributed by atoms with Crippen molar-refractivity contribution in [3.8, 4) is 0 Å². The zero-order chi connectivity index (χ0) is 12.9. The van der Waals surface area contributed by atoms with E-state index < -0.39 is 0 Å². The van der Waals surface area contributed by atoms with E-state index in [0.717, 1.165) is 19.5 Å². The van der Waals surface area contributed by atoms with Crippen LogP contribution >= 0.6 is 0 Å². The Balaban J connectivity index is 2.23. The summed E-state index contributed by atoms with van der Waals surface area (Å²) in [6.07, 6.45) is 5.40. The monoisotopic (exact) mass is 240 g/mol. The number of hydrogen-bond donors (Lipinski definition) is 2. The van der Waals surface area contributed by atoms with Crippen LogP contribution in [-0.2, 0) is 4.79 Å².